The van der Waals surface area contributed by atoms with E-state index in [1.807, 2.05) is 6.08 Å². The Labute approximate surface area is 134 Å². The van der Waals surface area contributed by atoms with Gasteiger partial charge in [0.15, 0.2) is 5.78 Å². The number of non-ortho nitro benzene ring substituents is 1. The number of rotatable bonds is 6. The van der Waals surface area contributed by atoms with Crippen molar-refractivity contribution < 1.29 is 19.2 Å². The summed E-state index contributed by atoms with van der Waals surface area (Å²) < 4.78 is 5.26. The van der Waals surface area contributed by atoms with Crippen molar-refractivity contribution >= 4 is 17.4 Å². The van der Waals surface area contributed by atoms with Gasteiger partial charge in [0.05, 0.1) is 17.1 Å². The average molecular weight is 317 g/mol. The second kappa shape index (κ2) is 7.17. The summed E-state index contributed by atoms with van der Waals surface area (Å²) in [7, 11) is 0. The molecule has 0 aromatic heterocycles. The zero-order valence-electron chi connectivity index (χ0n) is 13.0. The summed E-state index contributed by atoms with van der Waals surface area (Å²) in [6.45, 7) is 2.31. The molecular formula is C17H19NO5. The fourth-order valence-corrected chi connectivity index (χ4v) is 2.64. The van der Waals surface area contributed by atoms with Crippen molar-refractivity contribution in [2.75, 3.05) is 6.61 Å². The van der Waals surface area contributed by atoms with E-state index in [4.69, 9.17) is 4.74 Å². The zero-order valence-corrected chi connectivity index (χ0v) is 13.0. The standard InChI is InChI=1S/C17H19NO5/c1-2-17(9-7-15(19)8-10-17)11-12-23-16(20)13-3-5-14(6-4-13)18(21)22/h3-7,9H,2,8,10-12H2,1H3/t17-/m0/s1. The first-order chi connectivity index (χ1) is 11.0. The largest absolute Gasteiger partial charge is 0.462 e. The Balaban J connectivity index is 1.90. The maximum absolute atomic E-state index is 11.9. The number of ketones is 1. The molecule has 0 radical (unpaired) electrons. The van der Waals surface area contributed by atoms with E-state index in [1.165, 1.54) is 24.3 Å². The van der Waals surface area contributed by atoms with Gasteiger partial charge < -0.3 is 4.74 Å². The molecule has 0 fully saturated rings. The average Bonchev–Trinajstić information content (AvgIpc) is 2.57. The molecule has 0 saturated carbocycles. The summed E-state index contributed by atoms with van der Waals surface area (Å²) in [6.07, 6.45) is 6.39. The van der Waals surface area contributed by atoms with Crippen LogP contribution in [0.25, 0.3) is 0 Å². The van der Waals surface area contributed by atoms with E-state index in [2.05, 4.69) is 6.92 Å². The molecule has 1 atom stereocenters. The molecule has 2 rings (SSSR count). The summed E-state index contributed by atoms with van der Waals surface area (Å²) in [5, 5.41) is 10.6. The molecule has 1 aliphatic rings. The molecule has 0 bridgehead atoms. The highest BCUT2D eigenvalue weighted by Crippen LogP contribution is 2.36. The second-order valence-electron chi connectivity index (χ2n) is 5.71. The van der Waals surface area contributed by atoms with Crippen LogP contribution in [0.5, 0.6) is 0 Å². The third-order valence-corrected chi connectivity index (χ3v) is 4.34. The molecule has 0 unspecified atom stereocenters. The summed E-state index contributed by atoms with van der Waals surface area (Å²) in [5.41, 5.74) is 0.128. The first kappa shape index (κ1) is 16.9. The van der Waals surface area contributed by atoms with Gasteiger partial charge in [-0.05, 0) is 42.9 Å². The number of ether oxygens (including phenoxy) is 1. The van der Waals surface area contributed by atoms with Crippen molar-refractivity contribution in [3.8, 4) is 0 Å². The number of hydrogen-bond donors (Lipinski definition) is 0. The van der Waals surface area contributed by atoms with Crippen LogP contribution in [-0.2, 0) is 9.53 Å². The Morgan fingerprint density at radius 1 is 1.35 bits per heavy atom. The van der Waals surface area contributed by atoms with E-state index >= 15 is 0 Å². The monoisotopic (exact) mass is 317 g/mol. The van der Waals surface area contributed by atoms with Gasteiger partial charge in [-0.15, -0.1) is 0 Å². The first-order valence-corrected chi connectivity index (χ1v) is 7.59. The number of nitro benzene ring substituents is 1. The van der Waals surface area contributed by atoms with Gasteiger partial charge >= 0.3 is 5.97 Å². The minimum absolute atomic E-state index is 0.0662. The highest BCUT2D eigenvalue weighted by atomic mass is 16.6. The van der Waals surface area contributed by atoms with Gasteiger partial charge in [0.25, 0.3) is 5.69 Å². The van der Waals surface area contributed by atoms with Crippen LogP contribution in [0.2, 0.25) is 0 Å². The van der Waals surface area contributed by atoms with Crippen LogP contribution in [0, 0.1) is 15.5 Å². The van der Waals surface area contributed by atoms with Crippen LogP contribution in [0.3, 0.4) is 0 Å². The number of carbonyl (C=O) groups is 2. The van der Waals surface area contributed by atoms with Gasteiger partial charge in [0, 0.05) is 18.6 Å². The Morgan fingerprint density at radius 3 is 2.57 bits per heavy atom. The Hall–Kier alpha value is -2.50. The van der Waals surface area contributed by atoms with Crippen LogP contribution in [0.1, 0.15) is 43.0 Å². The van der Waals surface area contributed by atoms with Gasteiger partial charge in [-0.2, -0.15) is 0 Å². The van der Waals surface area contributed by atoms with E-state index in [0.717, 1.165) is 12.8 Å². The van der Waals surface area contributed by atoms with Gasteiger partial charge in [-0.25, -0.2) is 4.79 Å². The number of hydrogen-bond acceptors (Lipinski definition) is 5. The lowest BCUT2D eigenvalue weighted by atomic mass is 9.74. The molecule has 0 saturated heterocycles. The van der Waals surface area contributed by atoms with Crippen LogP contribution < -0.4 is 0 Å². The Kier molecular flexibility index (Phi) is 5.26. The van der Waals surface area contributed by atoms with E-state index in [1.54, 1.807) is 6.08 Å². The van der Waals surface area contributed by atoms with E-state index in [-0.39, 0.29) is 29.1 Å². The maximum atomic E-state index is 11.9. The number of esters is 1. The predicted octanol–water partition coefficient (Wildman–Crippen LogP) is 3.46. The molecule has 1 aliphatic carbocycles. The first-order valence-electron chi connectivity index (χ1n) is 7.59. The molecule has 122 valence electrons. The van der Waals surface area contributed by atoms with E-state index in [0.29, 0.717) is 12.8 Å². The summed E-state index contributed by atoms with van der Waals surface area (Å²) in [4.78, 5) is 33.3. The fourth-order valence-electron chi connectivity index (χ4n) is 2.64. The molecule has 6 heteroatoms. The van der Waals surface area contributed by atoms with Gasteiger partial charge in [-0.1, -0.05) is 13.0 Å². The van der Waals surface area contributed by atoms with Crippen LogP contribution in [0.15, 0.2) is 36.4 Å². The van der Waals surface area contributed by atoms with Crippen molar-refractivity contribution in [1.29, 1.82) is 0 Å². The number of allylic oxidation sites excluding steroid dienone is 2. The fraction of sp³-hybridized carbons (Fsp3) is 0.412. The van der Waals surface area contributed by atoms with Crippen LogP contribution >= 0.6 is 0 Å². The van der Waals surface area contributed by atoms with Crippen molar-refractivity contribution in [1.82, 2.24) is 0 Å². The lowest BCUT2D eigenvalue weighted by molar-refractivity contribution is -0.384. The normalized spacial score (nSPS) is 20.3. The summed E-state index contributed by atoms with van der Waals surface area (Å²) in [5.74, 6) is -0.362. The molecule has 0 aliphatic heterocycles. The second-order valence-corrected chi connectivity index (χ2v) is 5.71. The number of nitrogens with zero attached hydrogens (tertiary/aromatic N) is 1. The SMILES string of the molecule is CC[C@]1(CCOC(=O)c2ccc([N+](=O)[O-])cc2)C=CC(=O)CC1. The summed E-state index contributed by atoms with van der Waals surface area (Å²) in [6, 6.07) is 5.32. The highest BCUT2D eigenvalue weighted by Gasteiger charge is 2.29. The zero-order chi connectivity index (χ0) is 16.9. The van der Waals surface area contributed by atoms with Crippen LogP contribution in [0.4, 0.5) is 5.69 Å². The highest BCUT2D eigenvalue weighted by molar-refractivity contribution is 5.90. The van der Waals surface area contributed by atoms with Gasteiger partial charge in [-0.3, -0.25) is 14.9 Å². The topological polar surface area (TPSA) is 86.5 Å². The molecule has 0 N–H and O–H groups in total. The Bertz CT molecular complexity index is 635. The minimum atomic E-state index is -0.517. The molecule has 0 amide bonds. The van der Waals surface area contributed by atoms with Crippen molar-refractivity contribution in [2.45, 2.75) is 32.6 Å². The third kappa shape index (κ3) is 4.25. The maximum Gasteiger partial charge on any atom is 0.338 e. The van der Waals surface area contributed by atoms with E-state index < -0.39 is 10.9 Å². The predicted molar refractivity (Wildman–Crippen MR) is 84.1 cm³/mol. The van der Waals surface area contributed by atoms with Gasteiger partial charge in [0.1, 0.15) is 0 Å². The quantitative estimate of drug-likeness (QED) is 0.455. The number of nitro groups is 1. The molecule has 0 spiro atoms. The molecule has 0 heterocycles. The van der Waals surface area contributed by atoms with Crippen molar-refractivity contribution in [3.05, 3.63) is 52.1 Å². The number of carbonyl (C=O) groups excluding carboxylic acids is 2. The van der Waals surface area contributed by atoms with Crippen molar-refractivity contribution in [2.24, 2.45) is 5.41 Å². The molecular weight excluding hydrogens is 298 g/mol. The number of benzene rings is 1. The Morgan fingerprint density at radius 2 is 2.04 bits per heavy atom. The molecule has 1 aromatic carbocycles. The molecule has 23 heavy (non-hydrogen) atoms. The lowest BCUT2D eigenvalue weighted by Gasteiger charge is -2.31. The molecule has 6 nitrogen and oxygen atoms in total. The van der Waals surface area contributed by atoms with Gasteiger partial charge in [0.2, 0.25) is 0 Å². The summed E-state index contributed by atoms with van der Waals surface area (Å²) >= 11 is 0. The van der Waals surface area contributed by atoms with Crippen LogP contribution in [-0.4, -0.2) is 23.3 Å². The van der Waals surface area contributed by atoms with E-state index in [9.17, 15) is 19.7 Å². The minimum Gasteiger partial charge on any atom is -0.462 e. The van der Waals surface area contributed by atoms with Crippen molar-refractivity contribution in [3.63, 3.8) is 0 Å². The lowest BCUT2D eigenvalue weighted by Crippen LogP contribution is -2.24. The third-order valence-electron chi connectivity index (χ3n) is 4.34. The smallest absolute Gasteiger partial charge is 0.338 e. The molecule has 1 aromatic rings.